The first-order valence-corrected chi connectivity index (χ1v) is 6.14. The van der Waals surface area contributed by atoms with Gasteiger partial charge in [0.15, 0.2) is 6.20 Å². The predicted octanol–water partition coefficient (Wildman–Crippen LogP) is 0.177. The molecule has 100 valence electrons. The maximum atomic E-state index is 5.14. The topological polar surface area (TPSA) is 13.1 Å². The maximum Gasteiger partial charge on any atom is 0.205 e. The van der Waals surface area contributed by atoms with Crippen LogP contribution in [-0.2, 0) is 6.54 Å². The predicted molar refractivity (Wildman–Crippen MR) is 74.2 cm³/mol. The maximum absolute atomic E-state index is 5.14. The van der Waals surface area contributed by atoms with E-state index in [1.807, 2.05) is 18.2 Å². The number of nitrogens with zero attached hydrogens (tertiary/aromatic N) is 1. The van der Waals surface area contributed by atoms with Crippen LogP contribution in [0.3, 0.4) is 0 Å². The van der Waals surface area contributed by atoms with Crippen molar-refractivity contribution in [2.75, 3.05) is 7.11 Å². The molecule has 0 unspecified atom stereocenters. The second kappa shape index (κ2) is 7.94. The van der Waals surface area contributed by atoms with Crippen LogP contribution in [0.5, 0.6) is 5.75 Å². The molecule has 0 saturated carbocycles. The molecule has 2 aromatic rings. The Morgan fingerprint density at radius 2 is 1.79 bits per heavy atom. The van der Waals surface area contributed by atoms with E-state index in [1.54, 1.807) is 7.11 Å². The number of hydrogen-bond donors (Lipinski definition) is 0. The number of aromatic nitrogens is 1. The summed E-state index contributed by atoms with van der Waals surface area (Å²) in [6.07, 6.45) is 6.33. The number of rotatable bonds is 4. The number of ether oxygens (including phenoxy) is 1. The molecule has 1 aromatic heterocycles. The van der Waals surface area contributed by atoms with E-state index in [1.165, 1.54) is 11.3 Å². The number of benzene rings is 1. The molecule has 0 fully saturated rings. The van der Waals surface area contributed by atoms with Crippen molar-refractivity contribution in [2.45, 2.75) is 13.5 Å². The van der Waals surface area contributed by atoms with Gasteiger partial charge in [-0.2, -0.15) is 4.57 Å². The fourth-order valence-electron chi connectivity index (χ4n) is 1.83. The molecule has 3 heteroatoms. The Balaban J connectivity index is 0.00000180. The van der Waals surface area contributed by atoms with E-state index in [2.05, 4.69) is 54.1 Å². The number of methoxy groups -OCH3 is 1. The average molecular weight is 367 g/mol. The van der Waals surface area contributed by atoms with E-state index in [4.69, 9.17) is 4.74 Å². The van der Waals surface area contributed by atoms with E-state index in [0.717, 1.165) is 12.3 Å². The van der Waals surface area contributed by atoms with Gasteiger partial charge in [-0.05, 0) is 36.8 Å². The van der Waals surface area contributed by atoms with Crippen LogP contribution in [0.2, 0.25) is 0 Å². The fourth-order valence-corrected chi connectivity index (χ4v) is 1.83. The van der Waals surface area contributed by atoms with Gasteiger partial charge in [0, 0.05) is 18.2 Å². The summed E-state index contributed by atoms with van der Waals surface area (Å²) in [5.41, 5.74) is 2.37. The molecular formula is C16H18INO. The van der Waals surface area contributed by atoms with Gasteiger partial charge >= 0.3 is 0 Å². The smallest absolute Gasteiger partial charge is 0.205 e. The summed E-state index contributed by atoms with van der Waals surface area (Å²) in [5.74, 6) is 0.885. The summed E-state index contributed by atoms with van der Waals surface area (Å²) in [5, 5.41) is 0. The fraction of sp³-hybridized carbons (Fsp3) is 0.188. The first kappa shape index (κ1) is 15.7. The Bertz CT molecular complexity index is 535. The SMILES string of the molecule is CC[n+]1ccccc1/C=C/c1ccc(OC)cc1.[I-]. The van der Waals surface area contributed by atoms with Crippen LogP contribution in [0.25, 0.3) is 12.2 Å². The van der Waals surface area contributed by atoms with Crippen LogP contribution >= 0.6 is 0 Å². The molecule has 0 aliphatic heterocycles. The van der Waals surface area contributed by atoms with Crippen LogP contribution < -0.4 is 33.3 Å². The standard InChI is InChI=1S/C16H18NO.HI/c1-3-17-13-5-4-6-15(17)10-7-14-8-11-16(18-2)12-9-14;/h4-13H,3H2,1-2H3;1H/q+1;/p-1/b10-7+;. The highest BCUT2D eigenvalue weighted by atomic mass is 127. The van der Waals surface area contributed by atoms with Crippen molar-refractivity contribution >= 4 is 12.2 Å². The van der Waals surface area contributed by atoms with Gasteiger partial charge in [0.2, 0.25) is 5.69 Å². The molecular weight excluding hydrogens is 349 g/mol. The lowest BCUT2D eigenvalue weighted by Crippen LogP contribution is -3.00. The quantitative estimate of drug-likeness (QED) is 0.555. The van der Waals surface area contributed by atoms with Gasteiger partial charge in [0.25, 0.3) is 0 Å². The molecule has 0 aliphatic carbocycles. The summed E-state index contributed by atoms with van der Waals surface area (Å²) in [6, 6.07) is 14.3. The summed E-state index contributed by atoms with van der Waals surface area (Å²) in [4.78, 5) is 0. The van der Waals surface area contributed by atoms with Crippen molar-refractivity contribution in [3.05, 3.63) is 59.9 Å². The first-order valence-electron chi connectivity index (χ1n) is 6.14. The van der Waals surface area contributed by atoms with Crippen molar-refractivity contribution in [3.63, 3.8) is 0 Å². The molecule has 1 heterocycles. The summed E-state index contributed by atoms with van der Waals surface area (Å²) in [7, 11) is 1.68. The van der Waals surface area contributed by atoms with E-state index < -0.39 is 0 Å². The molecule has 1 aromatic carbocycles. The summed E-state index contributed by atoms with van der Waals surface area (Å²) >= 11 is 0. The summed E-state index contributed by atoms with van der Waals surface area (Å²) < 4.78 is 7.35. The lowest BCUT2D eigenvalue weighted by molar-refractivity contribution is -0.695. The van der Waals surface area contributed by atoms with Crippen molar-refractivity contribution in [1.29, 1.82) is 0 Å². The second-order valence-electron chi connectivity index (χ2n) is 4.02. The van der Waals surface area contributed by atoms with Crippen LogP contribution in [0.1, 0.15) is 18.2 Å². The number of halogens is 1. The summed E-state index contributed by atoms with van der Waals surface area (Å²) in [6.45, 7) is 3.12. The highest BCUT2D eigenvalue weighted by molar-refractivity contribution is 5.67. The van der Waals surface area contributed by atoms with Crippen LogP contribution in [0, 0.1) is 0 Å². The van der Waals surface area contributed by atoms with Crippen LogP contribution in [-0.4, -0.2) is 7.11 Å². The Morgan fingerprint density at radius 1 is 1.05 bits per heavy atom. The highest BCUT2D eigenvalue weighted by Gasteiger charge is 2.02. The average Bonchev–Trinajstić information content (AvgIpc) is 2.46. The second-order valence-corrected chi connectivity index (χ2v) is 4.02. The van der Waals surface area contributed by atoms with Gasteiger partial charge < -0.3 is 28.7 Å². The zero-order chi connectivity index (χ0) is 12.8. The van der Waals surface area contributed by atoms with Gasteiger partial charge in [-0.15, -0.1) is 0 Å². The third-order valence-corrected chi connectivity index (χ3v) is 2.88. The zero-order valence-electron chi connectivity index (χ0n) is 11.2. The Morgan fingerprint density at radius 3 is 2.42 bits per heavy atom. The lowest BCUT2D eigenvalue weighted by atomic mass is 10.2. The van der Waals surface area contributed by atoms with Crippen molar-refractivity contribution in [1.82, 2.24) is 0 Å². The molecule has 2 rings (SSSR count). The molecule has 0 amide bonds. The number of hydrogen-bond acceptors (Lipinski definition) is 1. The zero-order valence-corrected chi connectivity index (χ0v) is 13.4. The minimum absolute atomic E-state index is 0. The van der Waals surface area contributed by atoms with E-state index in [-0.39, 0.29) is 24.0 Å². The first-order chi connectivity index (χ1) is 8.83. The molecule has 19 heavy (non-hydrogen) atoms. The lowest BCUT2D eigenvalue weighted by Gasteiger charge is -1.99. The molecule has 0 spiro atoms. The molecule has 0 saturated heterocycles. The molecule has 2 nitrogen and oxygen atoms in total. The molecule has 0 aliphatic rings. The monoisotopic (exact) mass is 367 g/mol. The van der Waals surface area contributed by atoms with Crippen LogP contribution in [0.4, 0.5) is 0 Å². The molecule has 0 radical (unpaired) electrons. The normalized spacial score (nSPS) is 10.2. The third-order valence-electron chi connectivity index (χ3n) is 2.88. The van der Waals surface area contributed by atoms with E-state index >= 15 is 0 Å². The number of aryl methyl sites for hydroxylation is 1. The molecule has 0 N–H and O–H groups in total. The highest BCUT2D eigenvalue weighted by Crippen LogP contribution is 2.13. The molecule has 0 bridgehead atoms. The molecule has 0 atom stereocenters. The Labute approximate surface area is 131 Å². The van der Waals surface area contributed by atoms with E-state index in [0.29, 0.717) is 0 Å². The Hall–Kier alpha value is -1.36. The minimum Gasteiger partial charge on any atom is -1.00 e. The van der Waals surface area contributed by atoms with Gasteiger partial charge in [0.1, 0.15) is 12.3 Å². The van der Waals surface area contributed by atoms with Gasteiger partial charge in [-0.25, -0.2) is 0 Å². The van der Waals surface area contributed by atoms with Crippen molar-refractivity contribution < 1.29 is 33.3 Å². The van der Waals surface area contributed by atoms with E-state index in [9.17, 15) is 0 Å². The van der Waals surface area contributed by atoms with Gasteiger partial charge in [0.05, 0.1) is 7.11 Å². The van der Waals surface area contributed by atoms with Gasteiger partial charge in [-0.1, -0.05) is 12.1 Å². The largest absolute Gasteiger partial charge is 1.00 e. The minimum atomic E-state index is 0. The van der Waals surface area contributed by atoms with Crippen LogP contribution in [0.15, 0.2) is 48.7 Å². The van der Waals surface area contributed by atoms with Crippen molar-refractivity contribution in [2.24, 2.45) is 0 Å². The van der Waals surface area contributed by atoms with Crippen molar-refractivity contribution in [3.8, 4) is 5.75 Å². The number of pyridine rings is 1. The Kier molecular flexibility index (Phi) is 6.56. The third kappa shape index (κ3) is 4.35. The van der Waals surface area contributed by atoms with Gasteiger partial charge in [-0.3, -0.25) is 0 Å².